The molecule has 0 aromatic carbocycles. The van der Waals surface area contributed by atoms with Crippen LogP contribution in [0.3, 0.4) is 0 Å². The second-order valence-electron chi connectivity index (χ2n) is 5.09. The highest BCUT2D eigenvalue weighted by atomic mass is 35.5. The molecule has 0 saturated carbocycles. The van der Waals surface area contributed by atoms with Crippen LogP contribution in [0.5, 0.6) is 0 Å². The summed E-state index contributed by atoms with van der Waals surface area (Å²) in [7, 11) is 0. The summed E-state index contributed by atoms with van der Waals surface area (Å²) in [6.45, 7) is 1.35. The minimum Gasteiger partial charge on any atom is -0.481 e. The van der Waals surface area contributed by atoms with Crippen molar-refractivity contribution in [3.63, 3.8) is 0 Å². The van der Waals surface area contributed by atoms with Crippen molar-refractivity contribution in [2.24, 2.45) is 0 Å². The van der Waals surface area contributed by atoms with Crippen LogP contribution in [0.25, 0.3) is 0 Å². The number of carboxylic acid groups (broad SMARTS) is 1. The molecule has 2 rings (SSSR count). The fraction of sp³-hybridized carbons (Fsp3) is 0.286. The van der Waals surface area contributed by atoms with Gasteiger partial charge in [-0.1, -0.05) is 11.6 Å². The summed E-state index contributed by atoms with van der Waals surface area (Å²) in [4.78, 5) is 38.4. The van der Waals surface area contributed by atoms with E-state index in [0.29, 0.717) is 11.1 Å². The number of hydrazine groups is 1. The first-order valence-corrected chi connectivity index (χ1v) is 7.21. The topological polar surface area (TPSA) is 99.6 Å². The molecule has 25 heavy (non-hydrogen) atoms. The van der Waals surface area contributed by atoms with Gasteiger partial charge in [-0.15, -0.1) is 0 Å². The maximum absolute atomic E-state index is 12.6. The van der Waals surface area contributed by atoms with Crippen molar-refractivity contribution in [1.82, 2.24) is 9.99 Å². The number of carboxylic acids is 1. The van der Waals surface area contributed by atoms with E-state index in [4.69, 9.17) is 16.7 Å². The molecule has 0 aliphatic carbocycles. The summed E-state index contributed by atoms with van der Waals surface area (Å²) < 4.78 is 37.9. The van der Waals surface area contributed by atoms with Gasteiger partial charge in [0.1, 0.15) is 11.0 Å². The number of hydrogen-bond acceptors (Lipinski definition) is 5. The fourth-order valence-corrected chi connectivity index (χ4v) is 2.40. The van der Waals surface area contributed by atoms with Crippen LogP contribution in [-0.2, 0) is 20.6 Å². The highest BCUT2D eigenvalue weighted by Crippen LogP contribution is 2.34. The van der Waals surface area contributed by atoms with E-state index in [0.717, 1.165) is 6.07 Å². The van der Waals surface area contributed by atoms with Gasteiger partial charge in [-0.2, -0.15) is 18.2 Å². The lowest BCUT2D eigenvalue weighted by atomic mass is 10.1. The molecular weight excluding hydrogens is 367 g/mol. The van der Waals surface area contributed by atoms with E-state index in [9.17, 15) is 27.6 Å². The zero-order valence-corrected chi connectivity index (χ0v) is 13.4. The molecule has 0 spiro atoms. The largest absolute Gasteiger partial charge is 0.481 e. The number of carbonyl (C=O) groups is 3. The second-order valence-corrected chi connectivity index (χ2v) is 5.45. The van der Waals surface area contributed by atoms with Crippen molar-refractivity contribution < 1.29 is 32.7 Å². The zero-order chi connectivity index (χ0) is 18.9. The number of halogens is 4. The number of amides is 2. The molecule has 2 N–H and O–H groups in total. The van der Waals surface area contributed by atoms with Crippen LogP contribution >= 0.6 is 11.6 Å². The van der Waals surface area contributed by atoms with Gasteiger partial charge in [0, 0.05) is 17.6 Å². The Hall–Kier alpha value is -2.62. The van der Waals surface area contributed by atoms with E-state index >= 15 is 0 Å². The third-order valence-electron chi connectivity index (χ3n) is 3.41. The molecule has 0 saturated heterocycles. The summed E-state index contributed by atoms with van der Waals surface area (Å²) in [6, 6.07) is 1.58. The van der Waals surface area contributed by atoms with Gasteiger partial charge in [-0.25, -0.2) is 4.98 Å². The molecule has 0 unspecified atom stereocenters. The number of alkyl halides is 3. The standard InChI is InChI=1S/C14H11ClF3N3O4/c1-6-7(2-5-10(22)23)13(25)21(12(6)24)20-9-4-3-8(11(15)19-9)14(16,17)18/h3-4H,2,5H2,1H3,(H,19,20)(H,22,23). The summed E-state index contributed by atoms with van der Waals surface area (Å²) >= 11 is 5.48. The Bertz CT molecular complexity index is 792. The van der Waals surface area contributed by atoms with E-state index in [-0.39, 0.29) is 29.8 Å². The molecule has 1 aliphatic rings. The average molecular weight is 378 g/mol. The smallest absolute Gasteiger partial charge is 0.419 e. The summed E-state index contributed by atoms with van der Waals surface area (Å²) in [5, 5.41) is 8.38. The lowest BCUT2D eigenvalue weighted by Crippen LogP contribution is -2.37. The Labute approximate surface area is 144 Å². The van der Waals surface area contributed by atoms with Crippen molar-refractivity contribution in [3.8, 4) is 0 Å². The Morgan fingerprint density at radius 2 is 1.96 bits per heavy atom. The minimum absolute atomic E-state index is 0.0120. The van der Waals surface area contributed by atoms with E-state index < -0.39 is 34.7 Å². The molecule has 2 amide bonds. The van der Waals surface area contributed by atoms with E-state index in [1.165, 1.54) is 6.92 Å². The van der Waals surface area contributed by atoms with Crippen LogP contribution < -0.4 is 5.43 Å². The maximum Gasteiger partial charge on any atom is 0.419 e. The molecule has 0 radical (unpaired) electrons. The number of nitrogens with zero attached hydrogens (tertiary/aromatic N) is 2. The number of imide groups is 1. The van der Waals surface area contributed by atoms with Crippen molar-refractivity contribution in [2.75, 3.05) is 5.43 Å². The van der Waals surface area contributed by atoms with Gasteiger partial charge in [-0.3, -0.25) is 19.8 Å². The number of rotatable bonds is 5. The first-order chi connectivity index (χ1) is 11.5. The number of nitrogens with one attached hydrogen (secondary N) is 1. The molecule has 0 fully saturated rings. The van der Waals surface area contributed by atoms with Gasteiger partial charge < -0.3 is 5.11 Å². The lowest BCUT2D eigenvalue weighted by Gasteiger charge is -2.17. The predicted molar refractivity (Wildman–Crippen MR) is 79.3 cm³/mol. The van der Waals surface area contributed by atoms with Gasteiger partial charge in [0.15, 0.2) is 0 Å². The quantitative estimate of drug-likeness (QED) is 0.604. The predicted octanol–water partition coefficient (Wildman–Crippen LogP) is 2.63. The molecule has 11 heteroatoms. The van der Waals surface area contributed by atoms with E-state index in [1.54, 1.807) is 0 Å². The first kappa shape index (κ1) is 18.7. The number of pyridine rings is 1. The molecular formula is C14H11ClF3N3O4. The molecule has 0 bridgehead atoms. The number of anilines is 1. The summed E-state index contributed by atoms with van der Waals surface area (Å²) in [6.07, 6.45) is -5.18. The van der Waals surface area contributed by atoms with Crippen molar-refractivity contribution in [1.29, 1.82) is 0 Å². The fourth-order valence-electron chi connectivity index (χ4n) is 2.13. The van der Waals surface area contributed by atoms with Crippen LogP contribution in [0.2, 0.25) is 5.15 Å². The Balaban J connectivity index is 2.19. The SMILES string of the molecule is CC1=C(CCC(=O)O)C(=O)N(Nc2ccc(C(F)(F)F)c(Cl)n2)C1=O. The van der Waals surface area contributed by atoms with Crippen LogP contribution in [-0.4, -0.2) is 32.9 Å². The second kappa shape index (κ2) is 6.71. The molecule has 0 atom stereocenters. The Morgan fingerprint density at radius 3 is 2.48 bits per heavy atom. The van der Waals surface area contributed by atoms with Gasteiger partial charge in [0.05, 0.1) is 5.56 Å². The monoisotopic (exact) mass is 377 g/mol. The van der Waals surface area contributed by atoms with Crippen molar-refractivity contribution in [3.05, 3.63) is 34.0 Å². The van der Waals surface area contributed by atoms with Gasteiger partial charge in [0.2, 0.25) is 0 Å². The van der Waals surface area contributed by atoms with E-state index in [2.05, 4.69) is 10.4 Å². The molecule has 7 nitrogen and oxygen atoms in total. The first-order valence-electron chi connectivity index (χ1n) is 6.83. The zero-order valence-electron chi connectivity index (χ0n) is 12.6. The summed E-state index contributed by atoms with van der Waals surface area (Å²) in [5.74, 6) is -2.92. The average Bonchev–Trinajstić information content (AvgIpc) is 2.68. The highest BCUT2D eigenvalue weighted by Gasteiger charge is 2.37. The Kier molecular flexibility index (Phi) is 5.02. The number of aliphatic carboxylic acids is 1. The number of carbonyl (C=O) groups excluding carboxylic acids is 2. The minimum atomic E-state index is -4.69. The Morgan fingerprint density at radius 1 is 1.32 bits per heavy atom. The molecule has 1 aliphatic heterocycles. The molecule has 1 aromatic rings. The van der Waals surface area contributed by atoms with Crippen LogP contribution in [0.15, 0.2) is 23.3 Å². The summed E-state index contributed by atoms with van der Waals surface area (Å²) in [5.41, 5.74) is 1.20. The van der Waals surface area contributed by atoms with Crippen LogP contribution in [0.1, 0.15) is 25.3 Å². The van der Waals surface area contributed by atoms with Gasteiger partial charge in [0.25, 0.3) is 11.8 Å². The number of aromatic nitrogens is 1. The van der Waals surface area contributed by atoms with E-state index in [1.807, 2.05) is 0 Å². The van der Waals surface area contributed by atoms with Crippen LogP contribution in [0.4, 0.5) is 19.0 Å². The van der Waals surface area contributed by atoms with Gasteiger partial charge in [-0.05, 0) is 25.5 Å². The van der Waals surface area contributed by atoms with Crippen LogP contribution in [0, 0.1) is 0 Å². The normalized spacial score (nSPS) is 15.2. The van der Waals surface area contributed by atoms with Crippen molar-refractivity contribution in [2.45, 2.75) is 25.9 Å². The maximum atomic E-state index is 12.6. The van der Waals surface area contributed by atoms with Crippen molar-refractivity contribution >= 4 is 35.2 Å². The highest BCUT2D eigenvalue weighted by molar-refractivity contribution is 6.30. The third kappa shape index (κ3) is 3.90. The molecule has 2 heterocycles. The molecule has 134 valence electrons. The third-order valence-corrected chi connectivity index (χ3v) is 3.70. The van der Waals surface area contributed by atoms with Gasteiger partial charge >= 0.3 is 12.1 Å². The molecule has 1 aromatic heterocycles. The lowest BCUT2D eigenvalue weighted by molar-refractivity contribution is -0.138. The number of hydrogen-bond donors (Lipinski definition) is 2.